The molecule has 0 unspecified atom stereocenters. The Morgan fingerprint density at radius 1 is 0.328 bits per heavy atom. The summed E-state index contributed by atoms with van der Waals surface area (Å²) in [6, 6.07) is 83.2. The molecule has 0 spiro atoms. The lowest BCUT2D eigenvalue weighted by Crippen LogP contribution is -1.97. The summed E-state index contributed by atoms with van der Waals surface area (Å²) in [5.74, 6) is 1.59. The second-order valence-electron chi connectivity index (χ2n) is 17.0. The molecule has 0 N–H and O–H groups in total. The third kappa shape index (κ3) is 6.64. The predicted octanol–water partition coefficient (Wildman–Crippen LogP) is 15.8. The Morgan fingerprint density at radius 3 is 1.60 bits per heavy atom. The number of fused-ring (bicyclic) bond motifs is 7. The minimum atomic E-state index is 0.701. The number of hydrogen-bond donors (Lipinski definition) is 0. The zero-order valence-corrected chi connectivity index (χ0v) is 36.3. The van der Waals surface area contributed by atoms with E-state index in [-0.39, 0.29) is 0 Å². The first-order valence-corrected chi connectivity index (χ1v) is 22.6. The van der Waals surface area contributed by atoms with Gasteiger partial charge in [0.2, 0.25) is 0 Å². The Balaban J connectivity index is 0.915. The lowest BCUT2D eigenvalue weighted by Gasteiger charge is -2.13. The molecule has 0 radical (unpaired) electrons. The second kappa shape index (κ2) is 15.9. The van der Waals surface area contributed by atoms with E-state index in [1.807, 2.05) is 6.07 Å². The first kappa shape index (κ1) is 38.4. The molecular formula is C62H39N5. The molecule has 13 rings (SSSR count). The maximum absolute atomic E-state index is 5.46. The van der Waals surface area contributed by atoms with Crippen LogP contribution in [-0.4, -0.2) is 24.5 Å². The number of nitrogens with zero attached hydrogens (tertiary/aromatic N) is 5. The number of imidazole rings is 1. The molecule has 10 aromatic carbocycles. The molecule has 67 heavy (non-hydrogen) atoms. The topological polar surface area (TPSA) is 56.5 Å². The van der Waals surface area contributed by atoms with E-state index in [2.05, 4.69) is 235 Å². The van der Waals surface area contributed by atoms with Gasteiger partial charge in [-0.15, -0.1) is 0 Å². The lowest BCUT2D eigenvalue weighted by atomic mass is 9.96. The van der Waals surface area contributed by atoms with Gasteiger partial charge >= 0.3 is 0 Å². The Kier molecular flexibility index (Phi) is 9.10. The van der Waals surface area contributed by atoms with Gasteiger partial charge in [0.15, 0.2) is 5.82 Å². The second-order valence-corrected chi connectivity index (χ2v) is 17.0. The van der Waals surface area contributed by atoms with E-state index in [1.165, 1.54) is 5.39 Å². The van der Waals surface area contributed by atoms with E-state index in [9.17, 15) is 0 Å². The molecule has 13 aromatic rings. The molecule has 0 amide bonds. The number of para-hydroxylation sites is 2. The quantitative estimate of drug-likeness (QED) is 0.150. The molecule has 0 fully saturated rings. The molecule has 3 heterocycles. The van der Waals surface area contributed by atoms with Crippen LogP contribution in [0.3, 0.4) is 0 Å². The van der Waals surface area contributed by atoms with Gasteiger partial charge in [-0.05, 0) is 68.4 Å². The maximum atomic E-state index is 5.46. The average molecular weight is 854 g/mol. The number of aromatic nitrogens is 5. The highest BCUT2D eigenvalue weighted by Gasteiger charge is 2.21. The Hall–Kier alpha value is -9.06. The van der Waals surface area contributed by atoms with Crippen LogP contribution in [0.15, 0.2) is 237 Å². The number of pyridine rings is 1. The van der Waals surface area contributed by atoms with Crippen LogP contribution in [0.4, 0.5) is 0 Å². The lowest BCUT2D eigenvalue weighted by molar-refractivity contribution is 1.10. The van der Waals surface area contributed by atoms with Gasteiger partial charge in [0.05, 0.1) is 33.6 Å². The minimum Gasteiger partial charge on any atom is -0.292 e. The number of benzene rings is 10. The van der Waals surface area contributed by atoms with Crippen molar-refractivity contribution >= 4 is 54.3 Å². The van der Waals surface area contributed by atoms with Crippen molar-refractivity contribution < 1.29 is 0 Å². The van der Waals surface area contributed by atoms with Crippen molar-refractivity contribution in [2.45, 2.75) is 0 Å². The van der Waals surface area contributed by atoms with E-state index in [1.54, 1.807) is 0 Å². The molecule has 0 aliphatic carbocycles. The molecule has 0 saturated heterocycles. The summed E-state index contributed by atoms with van der Waals surface area (Å²) in [5.41, 5.74) is 14.0. The van der Waals surface area contributed by atoms with Crippen LogP contribution in [0, 0.1) is 0 Å². The smallest absolute Gasteiger partial charge is 0.161 e. The summed E-state index contributed by atoms with van der Waals surface area (Å²) in [7, 11) is 0. The van der Waals surface area contributed by atoms with Crippen molar-refractivity contribution in [3.8, 4) is 73.4 Å². The molecular weight excluding hydrogens is 815 g/mol. The van der Waals surface area contributed by atoms with Crippen molar-refractivity contribution in [3.63, 3.8) is 0 Å². The Bertz CT molecular complexity index is 3900. The van der Waals surface area contributed by atoms with Crippen LogP contribution >= 0.6 is 0 Å². The SMILES string of the molecule is c1ccc(-c2nc3c4c(-c5ccc(-c6ccc(-c7cc(-c8cccc9ccccc89)nc(-c8cccc9ccccc89)n7)cc6)cc5)nc5ccccc5c4ccc3n2-c2ccccc2)cc1. The monoisotopic (exact) mass is 853 g/mol. The normalized spacial score (nSPS) is 11.6. The molecule has 0 atom stereocenters. The molecule has 0 aliphatic rings. The van der Waals surface area contributed by atoms with Gasteiger partial charge in [0.1, 0.15) is 5.82 Å². The van der Waals surface area contributed by atoms with Gasteiger partial charge in [-0.25, -0.2) is 19.9 Å². The van der Waals surface area contributed by atoms with Gasteiger partial charge < -0.3 is 0 Å². The molecule has 0 bridgehead atoms. The van der Waals surface area contributed by atoms with Gasteiger partial charge in [0.25, 0.3) is 0 Å². The summed E-state index contributed by atoms with van der Waals surface area (Å²) in [5, 5.41) is 7.89. The Labute approximate surface area is 387 Å². The van der Waals surface area contributed by atoms with Crippen molar-refractivity contribution in [3.05, 3.63) is 237 Å². The van der Waals surface area contributed by atoms with Crippen LogP contribution in [0.1, 0.15) is 0 Å². The highest BCUT2D eigenvalue weighted by molar-refractivity contribution is 6.20. The highest BCUT2D eigenvalue weighted by atomic mass is 15.1. The Morgan fingerprint density at radius 2 is 0.881 bits per heavy atom. The van der Waals surface area contributed by atoms with Gasteiger partial charge in [-0.1, -0.05) is 206 Å². The van der Waals surface area contributed by atoms with Crippen molar-refractivity contribution in [2.24, 2.45) is 0 Å². The third-order valence-corrected chi connectivity index (χ3v) is 13.0. The summed E-state index contributed by atoms with van der Waals surface area (Å²) in [6.07, 6.45) is 0. The average Bonchev–Trinajstić information content (AvgIpc) is 3.81. The third-order valence-electron chi connectivity index (χ3n) is 13.0. The van der Waals surface area contributed by atoms with E-state index >= 15 is 0 Å². The maximum Gasteiger partial charge on any atom is 0.161 e. The summed E-state index contributed by atoms with van der Waals surface area (Å²) < 4.78 is 2.27. The van der Waals surface area contributed by atoms with Gasteiger partial charge in [-0.2, -0.15) is 0 Å². The minimum absolute atomic E-state index is 0.701. The number of hydrogen-bond acceptors (Lipinski definition) is 4. The van der Waals surface area contributed by atoms with Crippen LogP contribution in [-0.2, 0) is 0 Å². The van der Waals surface area contributed by atoms with Crippen LogP contribution in [0.25, 0.3) is 128 Å². The van der Waals surface area contributed by atoms with Crippen molar-refractivity contribution in [1.82, 2.24) is 24.5 Å². The molecule has 5 heteroatoms. The van der Waals surface area contributed by atoms with E-state index in [0.717, 1.165) is 116 Å². The fraction of sp³-hybridized carbons (Fsp3) is 0. The van der Waals surface area contributed by atoms with Gasteiger partial charge in [0, 0.05) is 44.3 Å². The van der Waals surface area contributed by atoms with E-state index < -0.39 is 0 Å². The molecule has 3 aromatic heterocycles. The number of rotatable bonds is 7. The van der Waals surface area contributed by atoms with E-state index in [0.29, 0.717) is 5.82 Å². The molecule has 5 nitrogen and oxygen atoms in total. The van der Waals surface area contributed by atoms with Gasteiger partial charge in [-0.3, -0.25) is 4.57 Å². The fourth-order valence-electron chi connectivity index (χ4n) is 9.79. The fourth-order valence-corrected chi connectivity index (χ4v) is 9.79. The van der Waals surface area contributed by atoms with Crippen LogP contribution in [0.5, 0.6) is 0 Å². The van der Waals surface area contributed by atoms with Crippen LogP contribution < -0.4 is 0 Å². The summed E-state index contributed by atoms with van der Waals surface area (Å²) >= 11 is 0. The standard InChI is InChI=1S/C62H39N5/c1-3-17-46(18-4-1)62-66-60-57(67(62)47-21-5-2-6-22-47)38-37-52-51-25-11-12-28-54(51)63-59(58(52)60)45-35-31-41(32-36-45)40-29-33-44(34-30-40)55-39-56(50-26-13-19-42-15-7-9-23-48(42)50)65-61(64-55)53-27-14-20-43-16-8-10-24-49(43)53/h1-39H. The zero-order valence-electron chi connectivity index (χ0n) is 36.3. The van der Waals surface area contributed by atoms with Crippen molar-refractivity contribution in [2.75, 3.05) is 0 Å². The summed E-state index contributed by atoms with van der Waals surface area (Å²) in [6.45, 7) is 0. The van der Waals surface area contributed by atoms with Crippen molar-refractivity contribution in [1.29, 1.82) is 0 Å². The zero-order chi connectivity index (χ0) is 44.3. The molecule has 0 saturated carbocycles. The molecule has 312 valence electrons. The first-order chi connectivity index (χ1) is 33.2. The first-order valence-electron chi connectivity index (χ1n) is 22.6. The highest BCUT2D eigenvalue weighted by Crippen LogP contribution is 2.41. The molecule has 0 aliphatic heterocycles. The van der Waals surface area contributed by atoms with E-state index in [4.69, 9.17) is 19.9 Å². The summed E-state index contributed by atoms with van der Waals surface area (Å²) in [4.78, 5) is 21.4. The van der Waals surface area contributed by atoms with Crippen LogP contribution in [0.2, 0.25) is 0 Å². The predicted molar refractivity (Wildman–Crippen MR) is 277 cm³/mol. The largest absolute Gasteiger partial charge is 0.292 e.